The maximum absolute atomic E-state index is 13.4. The molecule has 0 fully saturated rings. The Morgan fingerprint density at radius 1 is 1.47 bits per heavy atom. The van der Waals surface area contributed by atoms with Crippen LogP contribution >= 0.6 is 15.9 Å². The molecule has 0 spiro atoms. The number of nitrogens with zero attached hydrogens (tertiary/aromatic N) is 2. The van der Waals surface area contributed by atoms with Crippen molar-refractivity contribution < 1.29 is 18.0 Å². The maximum Gasteiger partial charge on any atom is 0.257 e. The normalized spacial score (nSPS) is 12.7. The van der Waals surface area contributed by atoms with Crippen molar-refractivity contribution in [2.24, 2.45) is 5.73 Å². The lowest BCUT2D eigenvalue weighted by Gasteiger charge is -2.05. The second kappa shape index (κ2) is 5.72. The van der Waals surface area contributed by atoms with Crippen molar-refractivity contribution >= 4 is 15.9 Å². The summed E-state index contributed by atoms with van der Waals surface area (Å²) < 4.78 is 36.4. The van der Waals surface area contributed by atoms with Crippen LogP contribution in [-0.4, -0.2) is 23.8 Å². The van der Waals surface area contributed by atoms with Crippen molar-refractivity contribution in [3.05, 3.63) is 34.1 Å². The Bertz CT molecular complexity index is 587. The zero-order valence-electron chi connectivity index (χ0n) is 9.86. The van der Waals surface area contributed by atoms with E-state index in [9.17, 15) is 8.78 Å². The van der Waals surface area contributed by atoms with Crippen molar-refractivity contribution in [1.29, 1.82) is 0 Å². The van der Waals surface area contributed by atoms with Crippen LogP contribution in [0.2, 0.25) is 0 Å². The predicted octanol–water partition coefficient (Wildman–Crippen LogP) is 2.42. The van der Waals surface area contributed by atoms with E-state index in [1.165, 1.54) is 13.2 Å². The molecular weight excluding hydrogens is 324 g/mol. The summed E-state index contributed by atoms with van der Waals surface area (Å²) in [6.07, 6.45) is -0.537. The summed E-state index contributed by atoms with van der Waals surface area (Å²) in [6.45, 7) is 0.164. The van der Waals surface area contributed by atoms with Crippen molar-refractivity contribution in [3.8, 4) is 11.4 Å². The van der Waals surface area contributed by atoms with Crippen LogP contribution in [-0.2, 0) is 4.74 Å². The highest BCUT2D eigenvalue weighted by Gasteiger charge is 2.20. The van der Waals surface area contributed by atoms with E-state index < -0.39 is 17.7 Å². The number of nitrogens with two attached hydrogens (primary N) is 1. The monoisotopic (exact) mass is 333 g/mol. The zero-order valence-corrected chi connectivity index (χ0v) is 11.4. The van der Waals surface area contributed by atoms with Gasteiger partial charge in [-0.25, -0.2) is 8.78 Å². The lowest BCUT2D eigenvalue weighted by molar-refractivity contribution is 0.0804. The van der Waals surface area contributed by atoms with Gasteiger partial charge in [-0.1, -0.05) is 5.16 Å². The van der Waals surface area contributed by atoms with Gasteiger partial charge in [0.1, 0.15) is 6.10 Å². The van der Waals surface area contributed by atoms with Crippen molar-refractivity contribution in [2.45, 2.75) is 6.10 Å². The molecule has 19 heavy (non-hydrogen) atoms. The first-order valence-electron chi connectivity index (χ1n) is 5.28. The van der Waals surface area contributed by atoms with Gasteiger partial charge in [-0.3, -0.25) is 0 Å². The van der Waals surface area contributed by atoms with E-state index in [0.29, 0.717) is 0 Å². The summed E-state index contributed by atoms with van der Waals surface area (Å²) in [5.74, 6) is -1.67. The quantitative estimate of drug-likeness (QED) is 0.870. The Balaban J connectivity index is 2.41. The summed E-state index contributed by atoms with van der Waals surface area (Å²) in [4.78, 5) is 4.05. The van der Waals surface area contributed by atoms with E-state index in [1.54, 1.807) is 0 Å². The fraction of sp³-hybridized carbons (Fsp3) is 0.273. The van der Waals surface area contributed by atoms with E-state index in [-0.39, 0.29) is 28.3 Å². The zero-order chi connectivity index (χ0) is 14.0. The fourth-order valence-electron chi connectivity index (χ4n) is 1.47. The summed E-state index contributed by atoms with van der Waals surface area (Å²) in [5, 5.41) is 3.69. The Morgan fingerprint density at radius 2 is 2.21 bits per heavy atom. The molecule has 0 amide bonds. The Hall–Kier alpha value is -1.38. The topological polar surface area (TPSA) is 74.2 Å². The van der Waals surface area contributed by atoms with Crippen LogP contribution in [0.1, 0.15) is 12.0 Å². The Kier molecular flexibility index (Phi) is 4.23. The van der Waals surface area contributed by atoms with Gasteiger partial charge in [0.2, 0.25) is 5.82 Å². The van der Waals surface area contributed by atoms with Gasteiger partial charge >= 0.3 is 0 Å². The summed E-state index contributed by atoms with van der Waals surface area (Å²) in [7, 11) is 1.45. The Labute approximate surface area is 115 Å². The third-order valence-electron chi connectivity index (χ3n) is 2.49. The maximum atomic E-state index is 13.4. The van der Waals surface area contributed by atoms with E-state index in [0.717, 1.165) is 6.07 Å². The molecule has 1 unspecified atom stereocenters. The first-order valence-corrected chi connectivity index (χ1v) is 6.08. The van der Waals surface area contributed by atoms with Gasteiger partial charge in [0, 0.05) is 19.2 Å². The van der Waals surface area contributed by atoms with Crippen molar-refractivity contribution in [2.75, 3.05) is 13.7 Å². The third kappa shape index (κ3) is 2.65. The number of rotatable bonds is 4. The summed E-state index contributed by atoms with van der Waals surface area (Å²) in [6, 6.07) is 2.34. The molecule has 1 aromatic heterocycles. The van der Waals surface area contributed by atoms with Gasteiger partial charge in [0.05, 0.1) is 4.47 Å². The van der Waals surface area contributed by atoms with Crippen LogP contribution in [0, 0.1) is 11.6 Å². The molecule has 102 valence electrons. The SMILES string of the molecule is COC(CN)c1nc(-c2ccc(F)c(F)c2Br)no1. The molecule has 5 nitrogen and oxygen atoms in total. The second-order valence-corrected chi connectivity index (χ2v) is 4.43. The first kappa shape index (κ1) is 14.0. The van der Waals surface area contributed by atoms with Gasteiger partial charge in [-0.2, -0.15) is 4.98 Å². The molecular formula is C11H10BrF2N3O2. The third-order valence-corrected chi connectivity index (χ3v) is 3.27. The molecule has 1 atom stereocenters. The highest BCUT2D eigenvalue weighted by Crippen LogP contribution is 2.30. The number of hydrogen-bond donors (Lipinski definition) is 1. The van der Waals surface area contributed by atoms with Crippen LogP contribution in [0.25, 0.3) is 11.4 Å². The smallest absolute Gasteiger partial charge is 0.257 e. The molecule has 2 aromatic rings. The van der Waals surface area contributed by atoms with Crippen LogP contribution < -0.4 is 5.73 Å². The van der Waals surface area contributed by atoms with Gasteiger partial charge in [-0.05, 0) is 28.1 Å². The highest BCUT2D eigenvalue weighted by molar-refractivity contribution is 9.10. The molecule has 0 saturated heterocycles. The predicted molar refractivity (Wildman–Crippen MR) is 66.2 cm³/mol. The van der Waals surface area contributed by atoms with E-state index in [4.69, 9.17) is 15.0 Å². The molecule has 0 aliphatic heterocycles. The minimum atomic E-state index is -1.01. The first-order chi connectivity index (χ1) is 9.08. The molecule has 1 heterocycles. The largest absolute Gasteiger partial charge is 0.370 e. The fourth-order valence-corrected chi connectivity index (χ4v) is 1.97. The van der Waals surface area contributed by atoms with Gasteiger partial charge in [-0.15, -0.1) is 0 Å². The highest BCUT2D eigenvalue weighted by atomic mass is 79.9. The summed E-state index contributed by atoms with van der Waals surface area (Å²) >= 11 is 2.96. The molecule has 0 saturated carbocycles. The molecule has 2 rings (SSSR count). The number of benzene rings is 1. The van der Waals surface area contributed by atoms with Crippen LogP contribution in [0.5, 0.6) is 0 Å². The molecule has 1 aromatic carbocycles. The number of ether oxygens (including phenoxy) is 1. The standard InChI is InChI=1S/C11H10BrF2N3O2/c1-18-7(4-15)11-16-10(17-19-11)5-2-3-6(13)9(14)8(5)12/h2-3,7H,4,15H2,1H3. The molecule has 2 N–H and O–H groups in total. The molecule has 0 aliphatic rings. The second-order valence-electron chi connectivity index (χ2n) is 3.64. The minimum absolute atomic E-state index is 0.0680. The average Bonchev–Trinajstić information content (AvgIpc) is 2.87. The van der Waals surface area contributed by atoms with Crippen molar-refractivity contribution in [3.63, 3.8) is 0 Å². The van der Waals surface area contributed by atoms with Gasteiger partial charge in [0.25, 0.3) is 5.89 Å². The number of aromatic nitrogens is 2. The molecule has 8 heteroatoms. The van der Waals surface area contributed by atoms with E-state index in [1.807, 2.05) is 0 Å². The van der Waals surface area contributed by atoms with Crippen LogP contribution in [0.15, 0.2) is 21.1 Å². The van der Waals surface area contributed by atoms with E-state index in [2.05, 4.69) is 26.1 Å². The number of methoxy groups -OCH3 is 1. The lowest BCUT2D eigenvalue weighted by Crippen LogP contribution is -2.14. The molecule has 0 bridgehead atoms. The van der Waals surface area contributed by atoms with Gasteiger partial charge in [0.15, 0.2) is 11.6 Å². The van der Waals surface area contributed by atoms with Crippen LogP contribution in [0.4, 0.5) is 8.78 Å². The van der Waals surface area contributed by atoms with Crippen molar-refractivity contribution in [1.82, 2.24) is 10.1 Å². The number of halogens is 3. The Morgan fingerprint density at radius 3 is 2.84 bits per heavy atom. The molecule has 0 aliphatic carbocycles. The average molecular weight is 334 g/mol. The molecule has 0 radical (unpaired) electrons. The van der Waals surface area contributed by atoms with Gasteiger partial charge < -0.3 is 15.0 Å². The van der Waals surface area contributed by atoms with E-state index >= 15 is 0 Å². The minimum Gasteiger partial charge on any atom is -0.370 e. The van der Waals surface area contributed by atoms with Crippen LogP contribution in [0.3, 0.4) is 0 Å². The summed E-state index contributed by atoms with van der Waals surface area (Å²) in [5.41, 5.74) is 5.74. The number of hydrogen-bond acceptors (Lipinski definition) is 5. The lowest BCUT2D eigenvalue weighted by atomic mass is 10.2.